The van der Waals surface area contributed by atoms with E-state index in [2.05, 4.69) is 20.6 Å². The molecule has 0 atom stereocenters. The van der Waals surface area contributed by atoms with Gasteiger partial charge in [-0.15, -0.1) is 0 Å². The van der Waals surface area contributed by atoms with E-state index in [-0.39, 0.29) is 34.7 Å². The molecular formula is C29H30FN7O4. The quantitative estimate of drug-likeness (QED) is 0.315. The zero-order chi connectivity index (χ0) is 28.9. The number of hydrogen-bond acceptors (Lipinski definition) is 6. The second-order valence-electron chi connectivity index (χ2n) is 9.60. The van der Waals surface area contributed by atoms with Crippen LogP contribution in [-0.2, 0) is 6.54 Å². The molecule has 41 heavy (non-hydrogen) atoms. The van der Waals surface area contributed by atoms with E-state index in [0.717, 1.165) is 25.3 Å². The summed E-state index contributed by atoms with van der Waals surface area (Å²) in [6.45, 7) is 5.60. The molecule has 2 aromatic heterocycles. The van der Waals surface area contributed by atoms with Crippen LogP contribution >= 0.6 is 0 Å². The lowest BCUT2D eigenvalue weighted by Crippen LogP contribution is -2.32. The maximum atomic E-state index is 15.0. The van der Waals surface area contributed by atoms with Crippen molar-refractivity contribution in [2.45, 2.75) is 39.7 Å². The monoisotopic (exact) mass is 559 g/mol. The van der Waals surface area contributed by atoms with Crippen LogP contribution < -0.4 is 20.9 Å². The molecule has 0 aliphatic carbocycles. The second kappa shape index (κ2) is 12.0. The van der Waals surface area contributed by atoms with Crippen LogP contribution in [-0.4, -0.2) is 49.3 Å². The molecule has 11 nitrogen and oxygen atoms in total. The molecule has 5 rings (SSSR count). The van der Waals surface area contributed by atoms with Crippen molar-refractivity contribution in [3.63, 3.8) is 0 Å². The summed E-state index contributed by atoms with van der Waals surface area (Å²) in [5.74, 6) is -1.29. The number of nitrogens with one attached hydrogen (secondary N) is 2. The Kier molecular flexibility index (Phi) is 8.09. The van der Waals surface area contributed by atoms with Gasteiger partial charge in [0, 0.05) is 37.5 Å². The number of anilines is 2. The number of carbonyl (C=O) groups is 2. The summed E-state index contributed by atoms with van der Waals surface area (Å²) >= 11 is 0. The highest BCUT2D eigenvalue weighted by molar-refractivity contribution is 6.05. The van der Waals surface area contributed by atoms with Gasteiger partial charge >= 0.3 is 6.03 Å². The first-order valence-electron chi connectivity index (χ1n) is 13.4. The summed E-state index contributed by atoms with van der Waals surface area (Å²) in [7, 11) is 0. The molecule has 1 aliphatic heterocycles. The summed E-state index contributed by atoms with van der Waals surface area (Å²) in [6.07, 6.45) is 3.88. The third-order valence-electron chi connectivity index (χ3n) is 6.73. The van der Waals surface area contributed by atoms with Crippen LogP contribution in [0, 0.1) is 12.7 Å². The molecular weight excluding hydrogens is 529 g/mol. The maximum Gasteiger partial charge on any atom is 0.323 e. The molecule has 12 heteroatoms. The minimum atomic E-state index is -0.758. The van der Waals surface area contributed by atoms with Gasteiger partial charge in [-0.3, -0.25) is 19.6 Å². The molecule has 1 aliphatic rings. The van der Waals surface area contributed by atoms with Gasteiger partial charge in [0.25, 0.3) is 11.5 Å². The summed E-state index contributed by atoms with van der Waals surface area (Å²) in [4.78, 5) is 48.6. The highest BCUT2D eigenvalue weighted by Crippen LogP contribution is 2.27. The lowest BCUT2D eigenvalue weighted by Gasteiger charge is -2.15. The van der Waals surface area contributed by atoms with Crippen molar-refractivity contribution in [2.75, 3.05) is 23.7 Å². The lowest BCUT2D eigenvalue weighted by molar-refractivity contribution is 0.102. The molecule has 2 N–H and O–H groups in total. The smallest absolute Gasteiger partial charge is 0.323 e. The van der Waals surface area contributed by atoms with Gasteiger partial charge in [0.05, 0.1) is 11.4 Å². The van der Waals surface area contributed by atoms with Crippen LogP contribution in [0.2, 0.25) is 0 Å². The average Bonchev–Trinajstić information content (AvgIpc) is 3.58. The molecule has 3 heterocycles. The van der Waals surface area contributed by atoms with Crippen LogP contribution in [0.5, 0.6) is 11.6 Å². The highest BCUT2D eigenvalue weighted by atomic mass is 19.1. The Labute approximate surface area is 235 Å². The van der Waals surface area contributed by atoms with Crippen molar-refractivity contribution in [1.29, 1.82) is 0 Å². The Morgan fingerprint density at radius 2 is 1.78 bits per heavy atom. The predicted molar refractivity (Wildman–Crippen MR) is 151 cm³/mol. The summed E-state index contributed by atoms with van der Waals surface area (Å²) in [5, 5.41) is 5.31. The number of amides is 3. The molecule has 4 aromatic rings. The van der Waals surface area contributed by atoms with Crippen LogP contribution in [0.25, 0.3) is 5.69 Å². The number of para-hydroxylation sites is 1. The van der Waals surface area contributed by atoms with Crippen molar-refractivity contribution in [2.24, 2.45) is 0 Å². The number of nitrogens with zero attached hydrogens (tertiary/aromatic N) is 5. The lowest BCUT2D eigenvalue weighted by atomic mass is 10.2. The third kappa shape index (κ3) is 5.96. The number of likely N-dealkylation sites (tertiary alicyclic amines) is 1. The standard InChI is InChI=1S/C29H30FN7O4/c1-3-13-36-19(2)26(28(39)37(36)21-9-5-4-6-10-21)27(38)33-20-11-12-23(22(30)16-20)41-25-17-24(31-18-32-25)34-29(40)35-14-7-8-15-35/h4-6,9-12,16-18H,3,7-8,13-15H2,1-2H3,(H,33,38)(H,31,32,34,40). The molecule has 2 aromatic carbocycles. The normalized spacial score (nSPS) is 12.8. The van der Waals surface area contributed by atoms with E-state index in [1.54, 1.807) is 28.6 Å². The number of carbonyl (C=O) groups excluding carboxylic acids is 2. The second-order valence-corrected chi connectivity index (χ2v) is 9.60. The van der Waals surface area contributed by atoms with E-state index in [4.69, 9.17) is 4.74 Å². The SMILES string of the molecule is CCCn1c(C)c(C(=O)Nc2ccc(Oc3cc(NC(=O)N4CCCC4)ncn3)c(F)c2)c(=O)n1-c1ccccc1. The number of halogens is 1. The number of aromatic nitrogens is 4. The van der Waals surface area contributed by atoms with Gasteiger partial charge in [-0.2, -0.15) is 0 Å². The van der Waals surface area contributed by atoms with E-state index in [9.17, 15) is 18.8 Å². The van der Waals surface area contributed by atoms with Crippen molar-refractivity contribution >= 4 is 23.4 Å². The molecule has 0 unspecified atom stereocenters. The molecule has 1 saturated heterocycles. The third-order valence-corrected chi connectivity index (χ3v) is 6.73. The Hall–Kier alpha value is -5.00. The minimum absolute atomic E-state index is 0.0208. The molecule has 0 bridgehead atoms. The minimum Gasteiger partial charge on any atom is -0.436 e. The number of ether oxygens (including phenoxy) is 1. The fraction of sp³-hybridized carbons (Fsp3) is 0.276. The average molecular weight is 560 g/mol. The molecule has 0 spiro atoms. The van der Waals surface area contributed by atoms with Crippen molar-refractivity contribution in [1.82, 2.24) is 24.2 Å². The molecule has 1 fully saturated rings. The van der Waals surface area contributed by atoms with Gasteiger partial charge in [-0.25, -0.2) is 23.8 Å². The first-order chi connectivity index (χ1) is 19.9. The van der Waals surface area contributed by atoms with Gasteiger partial charge in [-0.05, 0) is 50.5 Å². The van der Waals surface area contributed by atoms with Gasteiger partial charge < -0.3 is 15.0 Å². The molecule has 3 amide bonds. The van der Waals surface area contributed by atoms with E-state index in [1.165, 1.54) is 29.2 Å². The topological polar surface area (TPSA) is 123 Å². The summed E-state index contributed by atoms with van der Waals surface area (Å²) < 4.78 is 23.8. The number of urea groups is 1. The molecule has 0 radical (unpaired) electrons. The Morgan fingerprint density at radius 3 is 2.49 bits per heavy atom. The zero-order valence-electron chi connectivity index (χ0n) is 22.8. The largest absolute Gasteiger partial charge is 0.436 e. The van der Waals surface area contributed by atoms with Gasteiger partial charge in [0.15, 0.2) is 11.6 Å². The summed E-state index contributed by atoms with van der Waals surface area (Å²) in [6, 6.07) is 14.1. The zero-order valence-corrected chi connectivity index (χ0v) is 22.8. The van der Waals surface area contributed by atoms with Gasteiger partial charge in [0.2, 0.25) is 5.88 Å². The Bertz CT molecular complexity index is 1630. The first kappa shape index (κ1) is 27.6. The van der Waals surface area contributed by atoms with Crippen molar-refractivity contribution < 1.29 is 18.7 Å². The Balaban J connectivity index is 1.31. The van der Waals surface area contributed by atoms with Crippen LogP contribution in [0.1, 0.15) is 42.2 Å². The number of hydrogen-bond donors (Lipinski definition) is 2. The van der Waals surface area contributed by atoms with Crippen LogP contribution in [0.3, 0.4) is 0 Å². The van der Waals surface area contributed by atoms with Crippen LogP contribution in [0.4, 0.5) is 20.7 Å². The van der Waals surface area contributed by atoms with Gasteiger partial charge in [0.1, 0.15) is 17.7 Å². The fourth-order valence-electron chi connectivity index (χ4n) is 4.76. The van der Waals surface area contributed by atoms with Gasteiger partial charge in [-0.1, -0.05) is 25.1 Å². The highest BCUT2D eigenvalue weighted by Gasteiger charge is 2.24. The van der Waals surface area contributed by atoms with E-state index in [0.29, 0.717) is 31.0 Å². The number of benzene rings is 2. The molecule has 0 saturated carbocycles. The maximum absolute atomic E-state index is 15.0. The van der Waals surface area contributed by atoms with E-state index < -0.39 is 17.3 Å². The first-order valence-corrected chi connectivity index (χ1v) is 13.4. The van der Waals surface area contributed by atoms with Crippen LogP contribution in [0.15, 0.2) is 65.7 Å². The van der Waals surface area contributed by atoms with E-state index in [1.807, 2.05) is 25.1 Å². The predicted octanol–water partition coefficient (Wildman–Crippen LogP) is 4.96. The van der Waals surface area contributed by atoms with E-state index >= 15 is 0 Å². The summed E-state index contributed by atoms with van der Waals surface area (Å²) in [5.41, 5.74) is 0.817. The molecule has 212 valence electrons. The van der Waals surface area contributed by atoms with Crippen molar-refractivity contribution in [3.8, 4) is 17.3 Å². The van der Waals surface area contributed by atoms with Crippen molar-refractivity contribution in [3.05, 3.63) is 88.4 Å². The number of rotatable bonds is 8. The Morgan fingerprint density at radius 1 is 1.02 bits per heavy atom. The fourth-order valence-corrected chi connectivity index (χ4v) is 4.76.